The van der Waals surface area contributed by atoms with Crippen molar-refractivity contribution >= 4 is 29.0 Å². The highest BCUT2D eigenvalue weighted by Crippen LogP contribution is 2.28. The van der Waals surface area contributed by atoms with Crippen molar-refractivity contribution in [3.63, 3.8) is 0 Å². The van der Waals surface area contributed by atoms with Gasteiger partial charge in [-0.1, -0.05) is 23.9 Å². The molecule has 0 spiro atoms. The molecule has 2 aromatic rings. The lowest BCUT2D eigenvalue weighted by Gasteiger charge is -2.31. The fraction of sp³-hybridized carbons (Fsp3) is 0.350. The number of alkyl halides is 2. The summed E-state index contributed by atoms with van der Waals surface area (Å²) < 4.78 is 30.2. The normalized spacial score (nSPS) is 15.2. The monoisotopic (exact) mass is 392 g/mol. The first-order valence-corrected chi connectivity index (χ1v) is 9.68. The minimum absolute atomic E-state index is 0.0162. The van der Waals surface area contributed by atoms with E-state index in [1.807, 2.05) is 23.1 Å². The zero-order valence-electron chi connectivity index (χ0n) is 15.0. The molecule has 3 rings (SSSR count). The third kappa shape index (κ3) is 5.20. The number of rotatable bonds is 6. The summed E-state index contributed by atoms with van der Waals surface area (Å²) in [5, 5.41) is 3.22. The molecular weight excluding hydrogens is 370 g/mol. The highest BCUT2D eigenvalue weighted by atomic mass is 32.2. The third-order valence-electron chi connectivity index (χ3n) is 4.58. The van der Waals surface area contributed by atoms with Gasteiger partial charge in [0.1, 0.15) is 0 Å². The molecule has 0 aliphatic carbocycles. The Labute approximate surface area is 161 Å². The predicted molar refractivity (Wildman–Crippen MR) is 104 cm³/mol. The second-order valence-electron chi connectivity index (χ2n) is 6.30. The Morgan fingerprint density at radius 3 is 2.44 bits per heavy atom. The largest absolute Gasteiger partial charge is 0.381 e. The van der Waals surface area contributed by atoms with Crippen LogP contribution in [0.3, 0.4) is 0 Å². The first-order chi connectivity index (χ1) is 13.1. The lowest BCUT2D eigenvalue weighted by molar-refractivity contribution is 0.0351. The standard InChI is InChI=1S/C20H22F2N2O2S/c1-26-15-10-12-24(13-11-15)19(25)17-4-2-3-5-18(17)23-14-6-8-16(9-7-14)27-20(21)22/h2-9,15,20,23H,10-13H2,1H3. The van der Waals surface area contributed by atoms with E-state index in [-0.39, 0.29) is 12.0 Å². The number of halogens is 2. The second-order valence-corrected chi connectivity index (χ2v) is 7.36. The number of carbonyl (C=O) groups is 1. The number of ether oxygens (including phenoxy) is 1. The molecule has 0 unspecified atom stereocenters. The number of hydrogen-bond acceptors (Lipinski definition) is 4. The molecule has 0 aromatic heterocycles. The predicted octanol–water partition coefficient (Wildman–Crippen LogP) is 5.00. The molecule has 4 nitrogen and oxygen atoms in total. The van der Waals surface area contributed by atoms with Gasteiger partial charge in [0.2, 0.25) is 0 Å². The summed E-state index contributed by atoms with van der Waals surface area (Å²) in [6, 6.07) is 14.1. The maximum absolute atomic E-state index is 12.9. The molecule has 144 valence electrons. The van der Waals surface area contributed by atoms with Crippen LogP contribution in [0.25, 0.3) is 0 Å². The summed E-state index contributed by atoms with van der Waals surface area (Å²) in [6.07, 6.45) is 1.88. The average molecular weight is 392 g/mol. The number of amides is 1. The number of benzene rings is 2. The lowest BCUT2D eigenvalue weighted by Crippen LogP contribution is -2.40. The summed E-state index contributed by atoms with van der Waals surface area (Å²) in [6.45, 7) is 1.34. The summed E-state index contributed by atoms with van der Waals surface area (Å²) in [5.74, 6) is -2.46. The molecule has 1 heterocycles. The van der Waals surface area contributed by atoms with Crippen molar-refractivity contribution in [2.24, 2.45) is 0 Å². The number of carbonyl (C=O) groups excluding carboxylic acids is 1. The van der Waals surface area contributed by atoms with Gasteiger partial charge < -0.3 is 15.0 Å². The van der Waals surface area contributed by atoms with Crippen LogP contribution < -0.4 is 5.32 Å². The molecule has 7 heteroatoms. The van der Waals surface area contributed by atoms with Crippen molar-refractivity contribution in [2.45, 2.75) is 29.6 Å². The molecule has 27 heavy (non-hydrogen) atoms. The second kappa shape index (κ2) is 9.19. The van der Waals surface area contributed by atoms with Crippen LogP contribution in [-0.2, 0) is 4.74 Å². The Morgan fingerprint density at radius 2 is 1.81 bits per heavy atom. The van der Waals surface area contributed by atoms with Crippen LogP contribution in [0.5, 0.6) is 0 Å². The number of para-hydroxylation sites is 1. The SMILES string of the molecule is COC1CCN(C(=O)c2ccccc2Nc2ccc(SC(F)F)cc2)CC1. The van der Waals surface area contributed by atoms with Gasteiger partial charge in [0.25, 0.3) is 11.7 Å². The fourth-order valence-corrected chi connectivity index (χ4v) is 3.62. The maximum atomic E-state index is 12.9. The lowest BCUT2D eigenvalue weighted by atomic mass is 10.1. The molecule has 0 atom stereocenters. The van der Waals surface area contributed by atoms with Gasteiger partial charge in [-0.15, -0.1) is 0 Å². The van der Waals surface area contributed by atoms with Gasteiger partial charge in [-0.25, -0.2) is 0 Å². The Kier molecular flexibility index (Phi) is 6.68. The third-order valence-corrected chi connectivity index (χ3v) is 5.30. The van der Waals surface area contributed by atoms with Crippen molar-refractivity contribution in [1.82, 2.24) is 4.90 Å². The molecule has 0 bridgehead atoms. The fourth-order valence-electron chi connectivity index (χ4n) is 3.12. The topological polar surface area (TPSA) is 41.6 Å². The highest BCUT2D eigenvalue weighted by molar-refractivity contribution is 7.99. The van der Waals surface area contributed by atoms with Crippen LogP contribution in [0.2, 0.25) is 0 Å². The minimum Gasteiger partial charge on any atom is -0.381 e. The minimum atomic E-state index is -2.44. The molecule has 1 N–H and O–H groups in total. The number of piperidine rings is 1. The van der Waals surface area contributed by atoms with Gasteiger partial charge in [0.15, 0.2) is 0 Å². The number of likely N-dealkylation sites (tertiary alicyclic amines) is 1. The zero-order valence-corrected chi connectivity index (χ0v) is 15.8. The van der Waals surface area contributed by atoms with Crippen molar-refractivity contribution in [2.75, 3.05) is 25.5 Å². The molecule has 0 saturated carbocycles. The van der Waals surface area contributed by atoms with E-state index in [0.717, 1.165) is 18.5 Å². The summed E-state index contributed by atoms with van der Waals surface area (Å²) in [7, 11) is 1.70. The van der Waals surface area contributed by atoms with Gasteiger partial charge in [0, 0.05) is 30.8 Å². The van der Waals surface area contributed by atoms with Crippen LogP contribution in [-0.4, -0.2) is 42.9 Å². The quantitative estimate of drug-likeness (QED) is 0.703. The van der Waals surface area contributed by atoms with E-state index in [1.54, 1.807) is 37.4 Å². The van der Waals surface area contributed by atoms with Crippen LogP contribution >= 0.6 is 11.8 Å². The Morgan fingerprint density at radius 1 is 1.15 bits per heavy atom. The summed E-state index contributed by atoms with van der Waals surface area (Å²) in [5.41, 5.74) is 2.04. The van der Waals surface area contributed by atoms with E-state index < -0.39 is 5.76 Å². The van der Waals surface area contributed by atoms with E-state index in [4.69, 9.17) is 4.74 Å². The zero-order chi connectivity index (χ0) is 19.2. The van der Waals surface area contributed by atoms with Crippen molar-refractivity contribution in [3.8, 4) is 0 Å². The molecule has 1 saturated heterocycles. The average Bonchev–Trinajstić information content (AvgIpc) is 2.69. The van der Waals surface area contributed by atoms with Crippen molar-refractivity contribution < 1.29 is 18.3 Å². The summed E-state index contributed by atoms with van der Waals surface area (Å²) >= 11 is 0.510. The van der Waals surface area contributed by atoms with Crippen molar-refractivity contribution in [3.05, 3.63) is 54.1 Å². The molecular formula is C20H22F2N2O2S. The smallest absolute Gasteiger partial charge is 0.288 e. The molecule has 1 amide bonds. The molecule has 2 aromatic carbocycles. The van der Waals surface area contributed by atoms with Crippen LogP contribution in [0.1, 0.15) is 23.2 Å². The Bertz CT molecular complexity index is 763. The number of anilines is 2. The summed E-state index contributed by atoms with van der Waals surface area (Å²) in [4.78, 5) is 15.3. The molecule has 1 aliphatic rings. The van der Waals surface area contributed by atoms with Gasteiger partial charge in [-0.2, -0.15) is 8.78 Å². The van der Waals surface area contributed by atoms with E-state index >= 15 is 0 Å². The molecule has 0 radical (unpaired) electrons. The first kappa shape index (κ1) is 19.6. The highest BCUT2D eigenvalue weighted by Gasteiger charge is 2.24. The molecule has 1 aliphatic heterocycles. The number of thioether (sulfide) groups is 1. The first-order valence-electron chi connectivity index (χ1n) is 8.80. The van der Waals surface area contributed by atoms with E-state index in [0.29, 0.717) is 41.0 Å². The van der Waals surface area contributed by atoms with Crippen LogP contribution in [0.4, 0.5) is 20.2 Å². The number of nitrogens with one attached hydrogen (secondary N) is 1. The van der Waals surface area contributed by atoms with Gasteiger partial charge in [-0.3, -0.25) is 4.79 Å². The van der Waals surface area contributed by atoms with Gasteiger partial charge in [0.05, 0.1) is 17.4 Å². The Hall–Kier alpha value is -2.12. The molecule has 1 fully saturated rings. The number of hydrogen-bond donors (Lipinski definition) is 1. The maximum Gasteiger partial charge on any atom is 0.288 e. The van der Waals surface area contributed by atoms with E-state index in [9.17, 15) is 13.6 Å². The van der Waals surface area contributed by atoms with Gasteiger partial charge >= 0.3 is 0 Å². The van der Waals surface area contributed by atoms with Gasteiger partial charge in [-0.05, 0) is 49.2 Å². The number of nitrogens with zero attached hydrogens (tertiary/aromatic N) is 1. The van der Waals surface area contributed by atoms with Crippen molar-refractivity contribution in [1.29, 1.82) is 0 Å². The van der Waals surface area contributed by atoms with Crippen LogP contribution in [0.15, 0.2) is 53.4 Å². The van der Waals surface area contributed by atoms with E-state index in [1.165, 1.54) is 0 Å². The number of methoxy groups -OCH3 is 1. The van der Waals surface area contributed by atoms with E-state index in [2.05, 4.69) is 5.32 Å². The van der Waals surface area contributed by atoms with Crippen LogP contribution in [0, 0.1) is 0 Å². The Balaban J connectivity index is 1.71.